The van der Waals surface area contributed by atoms with Crippen molar-refractivity contribution in [1.29, 1.82) is 0 Å². The molecule has 0 saturated carbocycles. The van der Waals surface area contributed by atoms with Gasteiger partial charge >= 0.3 is 5.97 Å². The minimum Gasteiger partial charge on any atom is -0.458 e. The van der Waals surface area contributed by atoms with E-state index in [4.69, 9.17) is 16.3 Å². The number of nitrogens with zero attached hydrogens (tertiary/aromatic N) is 2. The van der Waals surface area contributed by atoms with Crippen LogP contribution in [0.15, 0.2) is 48.5 Å². The number of halogens is 1. The summed E-state index contributed by atoms with van der Waals surface area (Å²) >= 11 is 6.25. The highest BCUT2D eigenvalue weighted by Gasteiger charge is 2.13. The number of benzene rings is 2. The van der Waals surface area contributed by atoms with Crippen LogP contribution in [0.4, 0.5) is 0 Å². The molecule has 22 heavy (non-hydrogen) atoms. The fourth-order valence-electron chi connectivity index (χ4n) is 2.38. The van der Waals surface area contributed by atoms with Crippen LogP contribution in [-0.4, -0.2) is 15.5 Å². The molecule has 1 heterocycles. The lowest BCUT2D eigenvalue weighted by Gasteiger charge is -2.10. The molecule has 0 aliphatic carbocycles. The Morgan fingerprint density at radius 1 is 1.18 bits per heavy atom. The molecule has 1 aromatic heterocycles. The fraction of sp³-hybridized carbons (Fsp3) is 0.176. The van der Waals surface area contributed by atoms with E-state index in [1.807, 2.05) is 53.1 Å². The van der Waals surface area contributed by atoms with Crippen LogP contribution in [0.5, 0.6) is 0 Å². The van der Waals surface area contributed by atoms with Gasteiger partial charge in [-0.3, -0.25) is 4.79 Å². The summed E-state index contributed by atoms with van der Waals surface area (Å²) in [6.45, 7) is 2.12. The predicted molar refractivity (Wildman–Crippen MR) is 85.8 cm³/mol. The molecule has 0 atom stereocenters. The van der Waals surface area contributed by atoms with Gasteiger partial charge < -0.3 is 9.30 Å². The van der Waals surface area contributed by atoms with Crippen molar-refractivity contribution < 1.29 is 9.53 Å². The lowest BCUT2D eigenvalue weighted by atomic mass is 10.2. The molecular weight excluding hydrogens is 300 g/mol. The molecule has 2 aromatic carbocycles. The van der Waals surface area contributed by atoms with Gasteiger partial charge in [0.2, 0.25) is 0 Å². The van der Waals surface area contributed by atoms with Crippen molar-refractivity contribution in [2.75, 3.05) is 0 Å². The Morgan fingerprint density at radius 3 is 2.68 bits per heavy atom. The Labute approximate surface area is 133 Å². The molecule has 112 valence electrons. The SMILES string of the molecule is CC(=O)OCc1nc2ccccc2n1Cc1ccccc1Cl. The minimum absolute atomic E-state index is 0.147. The number of esters is 1. The second-order valence-electron chi connectivity index (χ2n) is 4.97. The van der Waals surface area contributed by atoms with Gasteiger partial charge in [-0.1, -0.05) is 41.9 Å². The average molecular weight is 315 g/mol. The first-order chi connectivity index (χ1) is 10.6. The average Bonchev–Trinajstić information content (AvgIpc) is 2.85. The lowest BCUT2D eigenvalue weighted by Crippen LogP contribution is -2.09. The number of hydrogen-bond acceptors (Lipinski definition) is 3. The number of ether oxygens (including phenoxy) is 1. The second kappa shape index (κ2) is 6.20. The molecule has 0 N–H and O–H groups in total. The number of aromatic nitrogens is 2. The van der Waals surface area contributed by atoms with Crippen molar-refractivity contribution in [1.82, 2.24) is 9.55 Å². The van der Waals surface area contributed by atoms with Gasteiger partial charge in [0, 0.05) is 11.9 Å². The van der Waals surface area contributed by atoms with Crippen molar-refractivity contribution in [2.45, 2.75) is 20.1 Å². The van der Waals surface area contributed by atoms with E-state index >= 15 is 0 Å². The first kappa shape index (κ1) is 14.6. The predicted octanol–water partition coefficient (Wildman–Crippen LogP) is 3.80. The van der Waals surface area contributed by atoms with Crippen LogP contribution in [0, 0.1) is 0 Å². The highest BCUT2D eigenvalue weighted by atomic mass is 35.5. The Balaban J connectivity index is 2.03. The van der Waals surface area contributed by atoms with Gasteiger partial charge in [-0.15, -0.1) is 0 Å². The van der Waals surface area contributed by atoms with Crippen molar-refractivity contribution >= 4 is 28.6 Å². The molecule has 0 fully saturated rings. The number of carbonyl (C=O) groups excluding carboxylic acids is 1. The van der Waals surface area contributed by atoms with Crippen molar-refractivity contribution in [2.24, 2.45) is 0 Å². The number of hydrogen-bond donors (Lipinski definition) is 0. The van der Waals surface area contributed by atoms with Gasteiger partial charge in [-0.2, -0.15) is 0 Å². The Hall–Kier alpha value is -2.33. The first-order valence-electron chi connectivity index (χ1n) is 6.96. The highest BCUT2D eigenvalue weighted by Crippen LogP contribution is 2.22. The highest BCUT2D eigenvalue weighted by molar-refractivity contribution is 6.31. The Bertz CT molecular complexity index is 826. The van der Waals surface area contributed by atoms with Gasteiger partial charge in [0.15, 0.2) is 0 Å². The molecule has 0 aliphatic heterocycles. The van der Waals surface area contributed by atoms with Gasteiger partial charge in [0.25, 0.3) is 0 Å². The third-order valence-corrected chi connectivity index (χ3v) is 3.79. The van der Waals surface area contributed by atoms with E-state index in [-0.39, 0.29) is 12.6 Å². The van der Waals surface area contributed by atoms with Crippen LogP contribution in [0.1, 0.15) is 18.3 Å². The second-order valence-corrected chi connectivity index (χ2v) is 5.38. The maximum atomic E-state index is 11.1. The monoisotopic (exact) mass is 314 g/mol. The van der Waals surface area contributed by atoms with Crippen LogP contribution in [0.2, 0.25) is 5.02 Å². The van der Waals surface area contributed by atoms with E-state index in [2.05, 4.69) is 4.98 Å². The van der Waals surface area contributed by atoms with E-state index in [1.54, 1.807) is 0 Å². The summed E-state index contributed by atoms with van der Waals surface area (Å²) in [5, 5.41) is 0.707. The summed E-state index contributed by atoms with van der Waals surface area (Å²) in [6, 6.07) is 15.5. The van der Waals surface area contributed by atoms with Crippen LogP contribution < -0.4 is 0 Å². The molecule has 0 spiro atoms. The molecule has 0 unspecified atom stereocenters. The zero-order chi connectivity index (χ0) is 15.5. The molecule has 0 radical (unpaired) electrons. The van der Waals surface area contributed by atoms with Crippen molar-refractivity contribution in [3.05, 3.63) is 64.9 Å². The molecule has 3 rings (SSSR count). The van der Waals surface area contributed by atoms with Crippen molar-refractivity contribution in [3.8, 4) is 0 Å². The Kier molecular flexibility index (Phi) is 4.11. The molecule has 0 bridgehead atoms. The smallest absolute Gasteiger partial charge is 0.303 e. The molecule has 0 saturated heterocycles. The van der Waals surface area contributed by atoms with Gasteiger partial charge in [-0.05, 0) is 23.8 Å². The molecular formula is C17H15ClN2O2. The molecule has 4 nitrogen and oxygen atoms in total. The van der Waals surface area contributed by atoms with E-state index in [0.717, 1.165) is 16.6 Å². The molecule has 5 heteroatoms. The Morgan fingerprint density at radius 2 is 1.91 bits per heavy atom. The molecule has 3 aromatic rings. The number of carbonyl (C=O) groups is 1. The summed E-state index contributed by atoms with van der Waals surface area (Å²) in [5.74, 6) is 0.382. The van der Waals surface area contributed by atoms with E-state index < -0.39 is 0 Å². The van der Waals surface area contributed by atoms with E-state index in [9.17, 15) is 4.79 Å². The lowest BCUT2D eigenvalue weighted by molar-refractivity contribution is -0.142. The third-order valence-electron chi connectivity index (χ3n) is 3.42. The summed E-state index contributed by atoms with van der Waals surface area (Å²) in [5.41, 5.74) is 2.86. The van der Waals surface area contributed by atoms with E-state index in [1.165, 1.54) is 6.92 Å². The maximum absolute atomic E-state index is 11.1. The quantitative estimate of drug-likeness (QED) is 0.688. The van der Waals surface area contributed by atoms with Gasteiger partial charge in [-0.25, -0.2) is 4.98 Å². The molecule has 0 aliphatic rings. The summed E-state index contributed by atoms with van der Waals surface area (Å²) in [6.07, 6.45) is 0. The number of fused-ring (bicyclic) bond motifs is 1. The largest absolute Gasteiger partial charge is 0.458 e. The summed E-state index contributed by atoms with van der Waals surface area (Å²) in [4.78, 5) is 15.6. The minimum atomic E-state index is -0.323. The van der Waals surface area contributed by atoms with Gasteiger partial charge in [0.1, 0.15) is 12.4 Å². The maximum Gasteiger partial charge on any atom is 0.303 e. The fourth-order valence-corrected chi connectivity index (χ4v) is 2.57. The van der Waals surface area contributed by atoms with Crippen molar-refractivity contribution in [3.63, 3.8) is 0 Å². The van der Waals surface area contributed by atoms with Crippen LogP contribution in [0.3, 0.4) is 0 Å². The van der Waals surface area contributed by atoms with Crippen LogP contribution in [0.25, 0.3) is 11.0 Å². The normalized spacial score (nSPS) is 10.8. The third kappa shape index (κ3) is 2.97. The van der Waals surface area contributed by atoms with Gasteiger partial charge in [0.05, 0.1) is 17.6 Å². The zero-order valence-corrected chi connectivity index (χ0v) is 12.9. The van der Waals surface area contributed by atoms with Crippen LogP contribution >= 0.6 is 11.6 Å². The van der Waals surface area contributed by atoms with Crippen LogP contribution in [-0.2, 0) is 22.7 Å². The number of para-hydroxylation sites is 2. The number of rotatable bonds is 4. The summed E-state index contributed by atoms with van der Waals surface area (Å²) < 4.78 is 7.14. The molecule has 0 amide bonds. The van der Waals surface area contributed by atoms with E-state index in [0.29, 0.717) is 17.4 Å². The summed E-state index contributed by atoms with van der Waals surface area (Å²) in [7, 11) is 0. The first-order valence-corrected chi connectivity index (χ1v) is 7.34. The zero-order valence-electron chi connectivity index (χ0n) is 12.1. The topological polar surface area (TPSA) is 44.1 Å². The standard InChI is InChI=1S/C17H15ClN2O2/c1-12(21)22-11-17-19-15-8-4-5-9-16(15)20(17)10-13-6-2-3-7-14(13)18/h2-9H,10-11H2,1H3. The number of imidazole rings is 1.